The largest absolute Gasteiger partial charge is 0.370 e. The molecule has 0 amide bonds. The SMILES string of the molecule is CS(=O)(=O)C1=C2C=CC(=N2)C=c2ccc([nH]2)=CC2=NC(=CC3(c4cc(Cl)ncn4)CC=C1N3)C=C2. The van der Waals surface area contributed by atoms with Crippen LogP contribution in [0, 0.1) is 0 Å². The highest BCUT2D eigenvalue weighted by Crippen LogP contribution is 2.39. The number of nitrogens with one attached hydrogen (secondary N) is 2. The van der Waals surface area contributed by atoms with Gasteiger partial charge in [0.2, 0.25) is 0 Å². The average Bonchev–Trinajstić information content (AvgIpc) is 3.58. The number of sulfone groups is 1. The van der Waals surface area contributed by atoms with Crippen LogP contribution in [0.4, 0.5) is 0 Å². The summed E-state index contributed by atoms with van der Waals surface area (Å²) in [5.74, 6) is 0. The summed E-state index contributed by atoms with van der Waals surface area (Å²) < 4.78 is 25.9. The van der Waals surface area contributed by atoms with Crippen molar-refractivity contribution in [2.24, 2.45) is 9.98 Å². The minimum Gasteiger partial charge on any atom is -0.370 e. The summed E-state index contributed by atoms with van der Waals surface area (Å²) >= 11 is 6.20. The summed E-state index contributed by atoms with van der Waals surface area (Å²) in [5.41, 5.74) is 2.70. The van der Waals surface area contributed by atoms with E-state index in [2.05, 4.69) is 25.3 Å². The number of fused-ring (bicyclic) bond motifs is 6. The van der Waals surface area contributed by atoms with Crippen molar-refractivity contribution >= 4 is 45.0 Å². The molecule has 0 aromatic carbocycles. The molecule has 174 valence electrons. The van der Waals surface area contributed by atoms with E-state index in [1.54, 1.807) is 18.2 Å². The Morgan fingerprint density at radius 1 is 1.00 bits per heavy atom. The molecule has 2 aromatic rings. The highest BCUT2D eigenvalue weighted by Gasteiger charge is 2.39. The Morgan fingerprint density at radius 2 is 1.74 bits per heavy atom. The summed E-state index contributed by atoms with van der Waals surface area (Å²) in [6.07, 6.45) is 18.0. The zero-order valence-electron chi connectivity index (χ0n) is 18.5. The summed E-state index contributed by atoms with van der Waals surface area (Å²) in [6, 6.07) is 5.57. The van der Waals surface area contributed by atoms with Crippen LogP contribution in [0.3, 0.4) is 0 Å². The molecule has 10 heteroatoms. The van der Waals surface area contributed by atoms with Gasteiger partial charge in [0.05, 0.1) is 34.2 Å². The van der Waals surface area contributed by atoms with Gasteiger partial charge in [-0.3, -0.25) is 0 Å². The standard InChI is InChI=1S/C25H19ClN6O2S/c1-35(33,34)24-20-7-6-18(31-20)11-16-3-2-15(29-16)10-17-4-5-19(30-17)13-25(9-8-21(24)32-25)22-12-23(26)28-14-27-22/h2-8,10-14,29,32H,9H2,1H3. The monoisotopic (exact) mass is 502 g/mol. The van der Waals surface area contributed by atoms with Gasteiger partial charge in [-0.1, -0.05) is 17.7 Å². The van der Waals surface area contributed by atoms with Gasteiger partial charge in [-0.25, -0.2) is 28.4 Å². The van der Waals surface area contributed by atoms with E-state index in [-0.39, 0.29) is 10.1 Å². The van der Waals surface area contributed by atoms with Crippen molar-refractivity contribution in [3.8, 4) is 0 Å². The predicted molar refractivity (Wildman–Crippen MR) is 137 cm³/mol. The van der Waals surface area contributed by atoms with Crippen molar-refractivity contribution in [2.75, 3.05) is 6.26 Å². The number of halogens is 1. The van der Waals surface area contributed by atoms with Crippen LogP contribution in [-0.4, -0.2) is 41.0 Å². The molecule has 1 atom stereocenters. The number of H-pyrrole nitrogens is 1. The lowest BCUT2D eigenvalue weighted by molar-refractivity contribution is 0.486. The van der Waals surface area contributed by atoms with Crippen LogP contribution in [-0.2, 0) is 15.4 Å². The van der Waals surface area contributed by atoms with Gasteiger partial charge in [-0.2, -0.15) is 0 Å². The molecular weight excluding hydrogens is 484 g/mol. The maximum atomic E-state index is 13.0. The van der Waals surface area contributed by atoms with Crippen molar-refractivity contribution in [1.82, 2.24) is 20.3 Å². The molecule has 0 radical (unpaired) electrons. The smallest absolute Gasteiger partial charge is 0.179 e. The molecule has 8 nitrogen and oxygen atoms in total. The van der Waals surface area contributed by atoms with Crippen molar-refractivity contribution in [3.63, 3.8) is 0 Å². The minimum atomic E-state index is -3.64. The fraction of sp³-hybridized carbons (Fsp3) is 0.120. The first kappa shape index (κ1) is 21.7. The van der Waals surface area contributed by atoms with Gasteiger partial charge in [0.1, 0.15) is 21.9 Å². The topological polar surface area (TPSA) is 112 Å². The van der Waals surface area contributed by atoms with E-state index in [1.165, 1.54) is 12.6 Å². The average molecular weight is 503 g/mol. The van der Waals surface area contributed by atoms with Crippen LogP contribution >= 0.6 is 11.6 Å². The second-order valence-electron chi connectivity index (χ2n) is 8.60. The quantitative estimate of drug-likeness (QED) is 0.610. The molecule has 6 rings (SSSR count). The van der Waals surface area contributed by atoms with Crippen LogP contribution in [0.1, 0.15) is 12.1 Å². The molecule has 0 fully saturated rings. The Labute approximate surface area is 206 Å². The zero-order valence-corrected chi connectivity index (χ0v) is 20.1. The summed E-state index contributed by atoms with van der Waals surface area (Å²) in [5, 5.41) is 5.45. The molecule has 6 heterocycles. The maximum absolute atomic E-state index is 13.0. The lowest BCUT2D eigenvalue weighted by Crippen LogP contribution is -2.38. The summed E-state index contributed by atoms with van der Waals surface area (Å²) in [6.45, 7) is 0. The van der Waals surface area contributed by atoms with E-state index < -0.39 is 15.4 Å². The van der Waals surface area contributed by atoms with Gasteiger partial charge < -0.3 is 10.3 Å². The summed E-state index contributed by atoms with van der Waals surface area (Å²) in [4.78, 5) is 21.3. The Morgan fingerprint density at radius 3 is 2.49 bits per heavy atom. The molecule has 4 aliphatic heterocycles. The first-order valence-corrected chi connectivity index (χ1v) is 13.1. The Hall–Kier alpha value is -3.82. The molecule has 0 spiro atoms. The number of hydrogen-bond acceptors (Lipinski definition) is 7. The minimum absolute atomic E-state index is 0.122. The number of aromatic nitrogens is 3. The van der Waals surface area contributed by atoms with Gasteiger partial charge in [0.25, 0.3) is 0 Å². The molecule has 2 N–H and O–H groups in total. The van der Waals surface area contributed by atoms with E-state index in [0.717, 1.165) is 16.4 Å². The van der Waals surface area contributed by atoms with Crippen molar-refractivity contribution in [1.29, 1.82) is 0 Å². The van der Waals surface area contributed by atoms with E-state index in [9.17, 15) is 8.42 Å². The van der Waals surface area contributed by atoms with Crippen LogP contribution in [0.15, 0.2) is 93.0 Å². The third kappa shape index (κ3) is 4.02. The molecule has 0 saturated heterocycles. The van der Waals surface area contributed by atoms with E-state index >= 15 is 0 Å². The van der Waals surface area contributed by atoms with Crippen LogP contribution < -0.4 is 16.0 Å². The number of hydrogen-bond donors (Lipinski definition) is 2. The number of allylic oxidation sites excluding steroid dienone is 4. The number of aliphatic imine (C=N–C) groups is 2. The lowest BCUT2D eigenvalue weighted by Gasteiger charge is -2.28. The zero-order chi connectivity index (χ0) is 24.2. The lowest BCUT2D eigenvalue weighted by atomic mass is 9.91. The molecule has 35 heavy (non-hydrogen) atoms. The van der Waals surface area contributed by atoms with Gasteiger partial charge >= 0.3 is 0 Å². The second kappa shape index (κ2) is 7.86. The number of aromatic amines is 1. The Bertz CT molecular complexity index is 1740. The molecule has 4 aliphatic rings. The molecule has 1 unspecified atom stereocenters. The van der Waals surface area contributed by atoms with Gasteiger partial charge in [0, 0.05) is 23.4 Å². The van der Waals surface area contributed by atoms with Gasteiger partial charge in [-0.05, 0) is 60.7 Å². The predicted octanol–water partition coefficient (Wildman–Crippen LogP) is 1.97. The molecule has 2 aromatic heterocycles. The first-order chi connectivity index (χ1) is 16.8. The van der Waals surface area contributed by atoms with Crippen LogP contribution in [0.5, 0.6) is 0 Å². The van der Waals surface area contributed by atoms with Crippen molar-refractivity contribution in [2.45, 2.75) is 12.0 Å². The molecular formula is C25H19ClN6O2S. The first-order valence-electron chi connectivity index (χ1n) is 10.8. The van der Waals surface area contributed by atoms with E-state index in [4.69, 9.17) is 16.6 Å². The Balaban J connectivity index is 1.61. The number of rotatable bonds is 2. The number of nitrogens with zero attached hydrogens (tertiary/aromatic N) is 4. The van der Waals surface area contributed by atoms with Crippen molar-refractivity contribution < 1.29 is 8.42 Å². The van der Waals surface area contributed by atoms with Crippen molar-refractivity contribution in [3.05, 3.63) is 105 Å². The Kier molecular flexibility index (Phi) is 4.87. The molecule has 0 saturated carbocycles. The third-order valence-corrected chi connectivity index (χ3v) is 7.38. The maximum Gasteiger partial charge on any atom is 0.179 e. The molecule has 8 bridgehead atoms. The highest BCUT2D eigenvalue weighted by molar-refractivity contribution is 7.94. The fourth-order valence-corrected chi connectivity index (χ4v) is 5.68. The third-order valence-electron chi connectivity index (χ3n) is 6.00. The molecule has 0 aliphatic carbocycles. The second-order valence-corrected chi connectivity index (χ2v) is 10.9. The summed E-state index contributed by atoms with van der Waals surface area (Å²) in [7, 11) is -3.64. The normalized spacial score (nSPS) is 22.7. The van der Waals surface area contributed by atoms with Gasteiger partial charge in [0.15, 0.2) is 9.84 Å². The van der Waals surface area contributed by atoms with Gasteiger partial charge in [-0.15, -0.1) is 0 Å². The highest BCUT2D eigenvalue weighted by atomic mass is 35.5. The fourth-order valence-electron chi connectivity index (χ4n) is 4.51. The van der Waals surface area contributed by atoms with E-state index in [1.807, 2.05) is 48.6 Å². The van der Waals surface area contributed by atoms with Crippen LogP contribution in [0.2, 0.25) is 5.15 Å². The van der Waals surface area contributed by atoms with E-state index in [0.29, 0.717) is 34.9 Å². The van der Waals surface area contributed by atoms with Crippen LogP contribution in [0.25, 0.3) is 12.2 Å².